The van der Waals surface area contributed by atoms with Crippen LogP contribution in [-0.4, -0.2) is 36.4 Å². The average molecular weight is 352 g/mol. The van der Waals surface area contributed by atoms with Crippen LogP contribution in [0.1, 0.15) is 27.9 Å². The highest BCUT2D eigenvalue weighted by molar-refractivity contribution is 5.92. The lowest BCUT2D eigenvalue weighted by molar-refractivity contribution is -0.135. The molecule has 136 valence electrons. The molecule has 2 aromatic carbocycles. The summed E-state index contributed by atoms with van der Waals surface area (Å²) in [5, 5.41) is 0. The average Bonchev–Trinajstić information content (AvgIpc) is 3.11. The SMILES string of the molecule is NC(=O)c1cccc(C[C@H]2CCN(C(=O)COCc3ccccc3)C2)c1. The Bertz CT molecular complexity index is 761. The summed E-state index contributed by atoms with van der Waals surface area (Å²) < 4.78 is 5.55. The van der Waals surface area contributed by atoms with Crippen LogP contribution in [0, 0.1) is 5.92 Å². The molecule has 1 atom stereocenters. The van der Waals surface area contributed by atoms with E-state index < -0.39 is 5.91 Å². The third-order valence-corrected chi connectivity index (χ3v) is 4.71. The van der Waals surface area contributed by atoms with Crippen molar-refractivity contribution in [1.82, 2.24) is 4.90 Å². The molecule has 0 radical (unpaired) electrons. The van der Waals surface area contributed by atoms with Crippen molar-refractivity contribution < 1.29 is 14.3 Å². The number of ether oxygens (including phenoxy) is 1. The van der Waals surface area contributed by atoms with E-state index in [4.69, 9.17) is 10.5 Å². The minimum absolute atomic E-state index is 0.0364. The van der Waals surface area contributed by atoms with Crippen molar-refractivity contribution in [2.24, 2.45) is 11.7 Å². The monoisotopic (exact) mass is 352 g/mol. The van der Waals surface area contributed by atoms with E-state index in [1.54, 1.807) is 6.07 Å². The van der Waals surface area contributed by atoms with Crippen LogP contribution >= 0.6 is 0 Å². The molecule has 3 rings (SSSR count). The number of nitrogens with two attached hydrogens (primary N) is 1. The van der Waals surface area contributed by atoms with Gasteiger partial charge in [0.2, 0.25) is 11.8 Å². The summed E-state index contributed by atoms with van der Waals surface area (Å²) in [5.41, 5.74) is 8.01. The molecule has 0 spiro atoms. The molecule has 5 nitrogen and oxygen atoms in total. The van der Waals surface area contributed by atoms with Crippen molar-refractivity contribution in [3.05, 3.63) is 71.3 Å². The summed E-state index contributed by atoms with van der Waals surface area (Å²) in [6.45, 7) is 2.05. The molecule has 1 aliphatic heterocycles. The number of hydrogen-bond acceptors (Lipinski definition) is 3. The van der Waals surface area contributed by atoms with Crippen molar-refractivity contribution in [3.8, 4) is 0 Å². The second kappa shape index (κ2) is 8.63. The van der Waals surface area contributed by atoms with E-state index in [0.29, 0.717) is 18.1 Å². The summed E-state index contributed by atoms with van der Waals surface area (Å²) in [4.78, 5) is 25.5. The third-order valence-electron chi connectivity index (χ3n) is 4.71. The lowest BCUT2D eigenvalue weighted by atomic mass is 9.97. The molecule has 0 saturated carbocycles. The second-order valence-corrected chi connectivity index (χ2v) is 6.74. The van der Waals surface area contributed by atoms with Crippen LogP contribution in [0.15, 0.2) is 54.6 Å². The first-order valence-electron chi connectivity index (χ1n) is 8.90. The number of carbonyl (C=O) groups excluding carboxylic acids is 2. The molecule has 0 aliphatic carbocycles. The molecule has 0 unspecified atom stereocenters. The fraction of sp³-hybridized carbons (Fsp3) is 0.333. The molecule has 2 amide bonds. The molecule has 26 heavy (non-hydrogen) atoms. The maximum Gasteiger partial charge on any atom is 0.248 e. The van der Waals surface area contributed by atoms with Gasteiger partial charge in [-0.1, -0.05) is 42.5 Å². The van der Waals surface area contributed by atoms with E-state index in [-0.39, 0.29) is 12.5 Å². The molecule has 2 aromatic rings. The number of nitrogens with zero attached hydrogens (tertiary/aromatic N) is 1. The highest BCUT2D eigenvalue weighted by atomic mass is 16.5. The standard InChI is InChI=1S/C21H24N2O3/c22-21(25)19-8-4-7-17(12-19)11-18-9-10-23(13-18)20(24)15-26-14-16-5-2-1-3-6-16/h1-8,12,18H,9-11,13-15H2,(H2,22,25)/t18-/m1/s1. The van der Waals surface area contributed by atoms with Gasteiger partial charge in [-0.15, -0.1) is 0 Å². The molecule has 1 saturated heterocycles. The second-order valence-electron chi connectivity index (χ2n) is 6.74. The van der Waals surface area contributed by atoms with Crippen molar-refractivity contribution in [2.45, 2.75) is 19.4 Å². The fourth-order valence-corrected chi connectivity index (χ4v) is 3.33. The zero-order valence-corrected chi connectivity index (χ0v) is 14.8. The van der Waals surface area contributed by atoms with Crippen LogP contribution in [0.3, 0.4) is 0 Å². The zero-order chi connectivity index (χ0) is 18.4. The van der Waals surface area contributed by atoms with Crippen LogP contribution in [0.2, 0.25) is 0 Å². The van der Waals surface area contributed by atoms with Crippen molar-refractivity contribution in [3.63, 3.8) is 0 Å². The van der Waals surface area contributed by atoms with Gasteiger partial charge in [0.15, 0.2) is 0 Å². The predicted molar refractivity (Wildman–Crippen MR) is 99.4 cm³/mol. The lowest BCUT2D eigenvalue weighted by Gasteiger charge is -2.17. The number of hydrogen-bond donors (Lipinski definition) is 1. The number of rotatable bonds is 7. The van der Waals surface area contributed by atoms with Gasteiger partial charge in [-0.2, -0.15) is 0 Å². The Morgan fingerprint density at radius 1 is 1.08 bits per heavy atom. The van der Waals surface area contributed by atoms with Crippen LogP contribution < -0.4 is 5.73 Å². The fourth-order valence-electron chi connectivity index (χ4n) is 3.33. The number of primary amides is 1. The maximum absolute atomic E-state index is 12.3. The minimum Gasteiger partial charge on any atom is -0.367 e. The van der Waals surface area contributed by atoms with Crippen molar-refractivity contribution in [2.75, 3.05) is 19.7 Å². The van der Waals surface area contributed by atoms with Gasteiger partial charge in [-0.3, -0.25) is 9.59 Å². The van der Waals surface area contributed by atoms with Crippen molar-refractivity contribution in [1.29, 1.82) is 0 Å². The van der Waals surface area contributed by atoms with E-state index in [2.05, 4.69) is 0 Å². The Labute approximate surface area is 153 Å². The first-order valence-corrected chi connectivity index (χ1v) is 8.90. The molecule has 1 aliphatic rings. The van der Waals surface area contributed by atoms with Crippen LogP contribution in [0.5, 0.6) is 0 Å². The number of benzene rings is 2. The van der Waals surface area contributed by atoms with Gasteiger partial charge in [0.1, 0.15) is 6.61 Å². The van der Waals surface area contributed by atoms with Gasteiger partial charge < -0.3 is 15.4 Å². The molecule has 2 N–H and O–H groups in total. The Kier molecular flexibility index (Phi) is 6.02. The smallest absolute Gasteiger partial charge is 0.248 e. The summed E-state index contributed by atoms with van der Waals surface area (Å²) in [5.74, 6) is 0.0242. The number of likely N-dealkylation sites (tertiary alicyclic amines) is 1. The third kappa shape index (κ3) is 4.92. The summed E-state index contributed by atoms with van der Waals surface area (Å²) in [6, 6.07) is 17.3. The van der Waals surface area contributed by atoms with E-state index in [9.17, 15) is 9.59 Å². The molecule has 5 heteroatoms. The molecular weight excluding hydrogens is 328 g/mol. The van der Waals surface area contributed by atoms with E-state index in [1.165, 1.54) is 0 Å². The van der Waals surface area contributed by atoms with Gasteiger partial charge in [-0.05, 0) is 42.0 Å². The van der Waals surface area contributed by atoms with Crippen molar-refractivity contribution >= 4 is 11.8 Å². The summed E-state index contributed by atoms with van der Waals surface area (Å²) in [7, 11) is 0. The zero-order valence-electron chi connectivity index (χ0n) is 14.8. The molecular formula is C21H24N2O3. The van der Waals surface area contributed by atoms with Crippen LogP contribution in [0.4, 0.5) is 0 Å². The molecule has 1 fully saturated rings. The topological polar surface area (TPSA) is 72.6 Å². The summed E-state index contributed by atoms with van der Waals surface area (Å²) in [6.07, 6.45) is 1.81. The van der Waals surface area contributed by atoms with Gasteiger partial charge >= 0.3 is 0 Å². The Balaban J connectivity index is 1.45. The molecule has 1 heterocycles. The number of carbonyl (C=O) groups is 2. The highest BCUT2D eigenvalue weighted by Gasteiger charge is 2.26. The Morgan fingerprint density at radius 3 is 2.62 bits per heavy atom. The van der Waals surface area contributed by atoms with Gasteiger partial charge in [0.25, 0.3) is 0 Å². The Hall–Kier alpha value is -2.66. The van der Waals surface area contributed by atoms with Crippen LogP contribution in [0.25, 0.3) is 0 Å². The van der Waals surface area contributed by atoms with E-state index in [1.807, 2.05) is 53.4 Å². The minimum atomic E-state index is -0.411. The quantitative estimate of drug-likeness (QED) is 0.832. The first kappa shape index (κ1) is 18.1. The molecule has 0 bridgehead atoms. The van der Waals surface area contributed by atoms with Gasteiger partial charge in [0, 0.05) is 18.7 Å². The summed E-state index contributed by atoms with van der Waals surface area (Å²) >= 11 is 0. The Morgan fingerprint density at radius 2 is 1.85 bits per heavy atom. The predicted octanol–water partition coefficient (Wildman–Crippen LogP) is 2.39. The van der Waals surface area contributed by atoms with Gasteiger partial charge in [0.05, 0.1) is 6.61 Å². The van der Waals surface area contributed by atoms with E-state index in [0.717, 1.165) is 37.1 Å². The normalized spacial score (nSPS) is 16.6. The maximum atomic E-state index is 12.3. The largest absolute Gasteiger partial charge is 0.367 e. The molecule has 0 aromatic heterocycles. The highest BCUT2D eigenvalue weighted by Crippen LogP contribution is 2.21. The number of amides is 2. The van der Waals surface area contributed by atoms with E-state index >= 15 is 0 Å². The first-order chi connectivity index (χ1) is 12.6. The van der Waals surface area contributed by atoms with Gasteiger partial charge in [-0.25, -0.2) is 0 Å². The lowest BCUT2D eigenvalue weighted by Crippen LogP contribution is -2.32. The van der Waals surface area contributed by atoms with Crippen LogP contribution in [-0.2, 0) is 22.6 Å².